The highest BCUT2D eigenvalue weighted by atomic mass is 31.2. The molecular weight excluding hydrogens is 553 g/mol. The second-order valence-electron chi connectivity index (χ2n) is 11.4. The summed E-state index contributed by atoms with van der Waals surface area (Å²) in [6, 6.07) is 0. The molecule has 0 aliphatic heterocycles. The molecule has 0 aromatic rings. The van der Waals surface area contributed by atoms with Crippen molar-refractivity contribution in [3.63, 3.8) is 0 Å². The van der Waals surface area contributed by atoms with Crippen LogP contribution >= 0.6 is 7.82 Å². The van der Waals surface area contributed by atoms with Gasteiger partial charge < -0.3 is 20.1 Å². The van der Waals surface area contributed by atoms with Crippen LogP contribution in [-0.2, 0) is 27.9 Å². The monoisotopic (exact) mass is 619 g/mol. The molecule has 0 aliphatic rings. The lowest BCUT2D eigenvalue weighted by Gasteiger charge is -2.20. The van der Waals surface area contributed by atoms with Gasteiger partial charge in [-0.1, -0.05) is 122 Å². The van der Waals surface area contributed by atoms with E-state index in [1.165, 1.54) is 103 Å². The second-order valence-corrected chi connectivity index (χ2v) is 12.8. The second kappa shape index (κ2) is 31.7. The minimum atomic E-state index is -4.25. The van der Waals surface area contributed by atoms with Crippen LogP contribution in [0.4, 0.5) is 0 Å². The smallest absolute Gasteiger partial charge is 0.457 e. The van der Waals surface area contributed by atoms with Gasteiger partial charge in [-0.25, -0.2) is 4.57 Å². The van der Waals surface area contributed by atoms with Crippen LogP contribution in [0.1, 0.15) is 155 Å². The number of carbonyl (C=O) groups excluding carboxylic acids is 1. The normalized spacial score (nSPS) is 13.9. The predicted molar refractivity (Wildman–Crippen MR) is 174 cm³/mol. The summed E-state index contributed by atoms with van der Waals surface area (Å²) in [5.74, 6) is -0.338. The third-order valence-electron chi connectivity index (χ3n) is 7.18. The van der Waals surface area contributed by atoms with Gasteiger partial charge in [0.25, 0.3) is 0 Å². The summed E-state index contributed by atoms with van der Waals surface area (Å²) in [5, 5.41) is 0. The zero-order valence-corrected chi connectivity index (χ0v) is 28.1. The van der Waals surface area contributed by atoms with Crippen molar-refractivity contribution in [3.8, 4) is 0 Å². The van der Waals surface area contributed by atoms with Gasteiger partial charge in [-0.15, -0.1) is 0 Å². The van der Waals surface area contributed by atoms with Crippen molar-refractivity contribution >= 4 is 13.8 Å². The number of phosphoric ester groups is 1. The Morgan fingerprint density at radius 1 is 0.690 bits per heavy atom. The fourth-order valence-electron chi connectivity index (χ4n) is 4.64. The number of ether oxygens (including phenoxy) is 2. The zero-order valence-electron chi connectivity index (χ0n) is 27.2. The molecule has 0 saturated carbocycles. The summed E-state index contributed by atoms with van der Waals surface area (Å²) in [6.07, 6.45) is 29.5. The van der Waals surface area contributed by atoms with Crippen molar-refractivity contribution in [1.29, 1.82) is 0 Å². The Hall–Kier alpha value is -0.760. The van der Waals surface area contributed by atoms with Crippen molar-refractivity contribution < 1.29 is 32.8 Å². The van der Waals surface area contributed by atoms with Crippen LogP contribution in [-0.4, -0.2) is 49.9 Å². The van der Waals surface area contributed by atoms with E-state index in [1.54, 1.807) is 0 Å². The van der Waals surface area contributed by atoms with Crippen molar-refractivity contribution in [2.24, 2.45) is 5.73 Å². The maximum absolute atomic E-state index is 12.4. The first-order valence-corrected chi connectivity index (χ1v) is 18.7. The van der Waals surface area contributed by atoms with Crippen LogP contribution in [0.2, 0.25) is 0 Å². The van der Waals surface area contributed by atoms with Gasteiger partial charge in [0.1, 0.15) is 6.10 Å². The van der Waals surface area contributed by atoms with Gasteiger partial charge in [0, 0.05) is 19.6 Å². The van der Waals surface area contributed by atoms with Crippen molar-refractivity contribution in [1.82, 2.24) is 0 Å². The van der Waals surface area contributed by atoms with E-state index in [0.29, 0.717) is 13.0 Å². The van der Waals surface area contributed by atoms with Gasteiger partial charge >= 0.3 is 13.8 Å². The molecule has 0 radical (unpaired) electrons. The maximum Gasteiger partial charge on any atom is 0.472 e. The number of phosphoric acid groups is 1. The SMILES string of the molecule is CCCCCCCC/C=C\CCCCCCCCCC(=O)OC(COCCCCCCCC)COP(=O)(O)OCCN. The zero-order chi connectivity index (χ0) is 31.0. The standard InChI is InChI=1S/C33H66NO7P/c1-3-5-7-9-11-12-13-14-15-16-17-18-19-20-21-22-24-26-33(35)41-32(31-40-42(36,37)39-29-27-34)30-38-28-25-23-10-8-6-4-2/h14-15,32H,3-13,16-31,34H2,1-2H3,(H,36,37)/b15-14-. The Morgan fingerprint density at radius 2 is 1.19 bits per heavy atom. The molecule has 0 aliphatic carbocycles. The number of allylic oxidation sites excluding steroid dienone is 2. The molecule has 8 nitrogen and oxygen atoms in total. The maximum atomic E-state index is 12.4. The third-order valence-corrected chi connectivity index (χ3v) is 8.17. The molecule has 0 aromatic carbocycles. The first-order valence-electron chi connectivity index (χ1n) is 17.2. The number of nitrogens with two attached hydrogens (primary N) is 1. The van der Waals surface area contributed by atoms with Crippen LogP contribution in [0, 0.1) is 0 Å². The Balaban J connectivity index is 4.01. The van der Waals surface area contributed by atoms with Crippen LogP contribution in [0.15, 0.2) is 12.2 Å². The molecule has 0 fully saturated rings. The number of carbonyl (C=O) groups is 1. The Kier molecular flexibility index (Phi) is 31.1. The van der Waals surface area contributed by atoms with E-state index in [4.69, 9.17) is 24.3 Å². The predicted octanol–water partition coefficient (Wildman–Crippen LogP) is 9.19. The van der Waals surface area contributed by atoms with Gasteiger partial charge in [0.05, 0.1) is 19.8 Å². The fraction of sp³-hybridized carbons (Fsp3) is 0.909. The quantitative estimate of drug-likeness (QED) is 0.0323. The Morgan fingerprint density at radius 3 is 1.74 bits per heavy atom. The summed E-state index contributed by atoms with van der Waals surface area (Å²) in [7, 11) is -4.25. The number of rotatable bonds is 33. The highest BCUT2D eigenvalue weighted by Crippen LogP contribution is 2.43. The minimum Gasteiger partial charge on any atom is -0.457 e. The van der Waals surface area contributed by atoms with Crippen LogP contribution < -0.4 is 5.73 Å². The number of hydrogen-bond donors (Lipinski definition) is 2. The lowest BCUT2D eigenvalue weighted by atomic mass is 10.1. The number of hydrogen-bond acceptors (Lipinski definition) is 7. The number of esters is 1. The molecule has 0 heterocycles. The van der Waals surface area contributed by atoms with Crippen molar-refractivity contribution in [3.05, 3.63) is 12.2 Å². The topological polar surface area (TPSA) is 117 Å². The van der Waals surface area contributed by atoms with Gasteiger partial charge in [-0.05, 0) is 38.5 Å². The van der Waals surface area contributed by atoms with E-state index in [-0.39, 0.29) is 32.3 Å². The molecule has 2 unspecified atom stereocenters. The summed E-state index contributed by atoms with van der Waals surface area (Å²) in [4.78, 5) is 22.2. The van der Waals surface area contributed by atoms with Crippen LogP contribution in [0.25, 0.3) is 0 Å². The Labute approximate surface area is 258 Å². The number of unbranched alkanes of at least 4 members (excludes halogenated alkanes) is 18. The highest BCUT2D eigenvalue weighted by molar-refractivity contribution is 7.47. The molecule has 42 heavy (non-hydrogen) atoms. The molecule has 0 spiro atoms. The lowest BCUT2D eigenvalue weighted by Crippen LogP contribution is -2.28. The van der Waals surface area contributed by atoms with E-state index in [9.17, 15) is 14.3 Å². The Bertz CT molecular complexity index is 662. The third kappa shape index (κ3) is 30.7. The highest BCUT2D eigenvalue weighted by Gasteiger charge is 2.25. The van der Waals surface area contributed by atoms with E-state index in [2.05, 4.69) is 26.0 Å². The average Bonchev–Trinajstić information content (AvgIpc) is 2.97. The van der Waals surface area contributed by atoms with E-state index < -0.39 is 13.9 Å². The van der Waals surface area contributed by atoms with Gasteiger partial charge in [-0.2, -0.15) is 0 Å². The molecular formula is C33H66NO7P. The minimum absolute atomic E-state index is 0.0941. The summed E-state index contributed by atoms with van der Waals surface area (Å²) >= 11 is 0. The van der Waals surface area contributed by atoms with E-state index in [0.717, 1.165) is 32.1 Å². The van der Waals surface area contributed by atoms with Gasteiger partial charge in [0.2, 0.25) is 0 Å². The lowest BCUT2D eigenvalue weighted by molar-refractivity contribution is -0.154. The molecule has 250 valence electrons. The largest absolute Gasteiger partial charge is 0.472 e. The summed E-state index contributed by atoms with van der Waals surface area (Å²) in [5.41, 5.74) is 5.32. The van der Waals surface area contributed by atoms with Crippen LogP contribution in [0.3, 0.4) is 0 Å². The van der Waals surface area contributed by atoms with Gasteiger partial charge in [0.15, 0.2) is 0 Å². The molecule has 9 heteroatoms. The first kappa shape index (κ1) is 41.2. The molecule has 0 bridgehead atoms. The van der Waals surface area contributed by atoms with E-state index in [1.807, 2.05) is 0 Å². The van der Waals surface area contributed by atoms with Crippen molar-refractivity contribution in [2.45, 2.75) is 161 Å². The van der Waals surface area contributed by atoms with Crippen molar-refractivity contribution in [2.75, 3.05) is 33.0 Å². The summed E-state index contributed by atoms with van der Waals surface area (Å²) in [6.45, 7) is 4.86. The molecule has 2 atom stereocenters. The first-order chi connectivity index (χ1) is 20.4. The summed E-state index contributed by atoms with van der Waals surface area (Å²) < 4.78 is 33.0. The molecule has 0 amide bonds. The van der Waals surface area contributed by atoms with E-state index >= 15 is 0 Å². The van der Waals surface area contributed by atoms with Crippen LogP contribution in [0.5, 0.6) is 0 Å². The fourth-order valence-corrected chi connectivity index (χ4v) is 5.40. The molecule has 3 N–H and O–H groups in total. The molecule has 0 aromatic heterocycles. The van der Waals surface area contributed by atoms with Gasteiger partial charge in [-0.3, -0.25) is 13.8 Å². The molecule has 0 saturated heterocycles. The average molecular weight is 620 g/mol. The molecule has 0 rings (SSSR count).